The van der Waals surface area contributed by atoms with Crippen molar-refractivity contribution in [1.82, 2.24) is 4.72 Å². The van der Waals surface area contributed by atoms with Crippen LogP contribution < -0.4 is 4.72 Å². The standard InChI is InChI=1S/C14H13NO2S/c1-2-3-11-15-18(16,17)14-10-6-8-12-7-4-5-9-13(12)14/h4-10,15H,11H2,1H3. The average Bonchev–Trinajstić information content (AvgIpc) is 2.38. The van der Waals surface area contributed by atoms with Gasteiger partial charge >= 0.3 is 0 Å². The predicted molar refractivity (Wildman–Crippen MR) is 72.6 cm³/mol. The van der Waals surface area contributed by atoms with E-state index < -0.39 is 10.0 Å². The van der Waals surface area contributed by atoms with Gasteiger partial charge in [-0.2, -0.15) is 4.72 Å². The Morgan fingerprint density at radius 1 is 1.11 bits per heavy atom. The van der Waals surface area contributed by atoms with Gasteiger partial charge in [-0.15, -0.1) is 5.92 Å². The molecule has 18 heavy (non-hydrogen) atoms. The van der Waals surface area contributed by atoms with Crippen molar-refractivity contribution in [2.24, 2.45) is 0 Å². The Labute approximate surface area is 107 Å². The monoisotopic (exact) mass is 259 g/mol. The maximum atomic E-state index is 12.1. The zero-order chi connectivity index (χ0) is 13.0. The summed E-state index contributed by atoms with van der Waals surface area (Å²) < 4.78 is 26.8. The van der Waals surface area contributed by atoms with Gasteiger partial charge in [-0.3, -0.25) is 0 Å². The van der Waals surface area contributed by atoms with Gasteiger partial charge in [0.25, 0.3) is 0 Å². The highest BCUT2D eigenvalue weighted by Crippen LogP contribution is 2.22. The summed E-state index contributed by atoms with van der Waals surface area (Å²) in [6, 6.07) is 12.6. The second-order valence-electron chi connectivity index (χ2n) is 3.73. The largest absolute Gasteiger partial charge is 0.242 e. The second-order valence-corrected chi connectivity index (χ2v) is 5.46. The van der Waals surface area contributed by atoms with E-state index in [4.69, 9.17) is 0 Å². The molecule has 0 aromatic heterocycles. The molecule has 0 saturated heterocycles. The minimum atomic E-state index is -3.51. The molecular formula is C14H13NO2S. The minimum absolute atomic E-state index is 0.127. The van der Waals surface area contributed by atoms with E-state index in [9.17, 15) is 8.42 Å². The topological polar surface area (TPSA) is 46.2 Å². The lowest BCUT2D eigenvalue weighted by atomic mass is 10.1. The van der Waals surface area contributed by atoms with Gasteiger partial charge in [0.15, 0.2) is 0 Å². The van der Waals surface area contributed by atoms with Crippen molar-refractivity contribution in [2.75, 3.05) is 6.54 Å². The van der Waals surface area contributed by atoms with Crippen LogP contribution >= 0.6 is 0 Å². The highest BCUT2D eigenvalue weighted by Gasteiger charge is 2.15. The van der Waals surface area contributed by atoms with Gasteiger partial charge in [0.2, 0.25) is 10.0 Å². The third kappa shape index (κ3) is 2.53. The average molecular weight is 259 g/mol. The number of fused-ring (bicyclic) bond motifs is 1. The number of rotatable bonds is 3. The molecule has 0 aliphatic rings. The van der Waals surface area contributed by atoms with Crippen LogP contribution in [0.1, 0.15) is 6.92 Å². The van der Waals surface area contributed by atoms with Crippen LogP contribution in [0.3, 0.4) is 0 Å². The number of benzene rings is 2. The molecule has 0 atom stereocenters. The first-order valence-electron chi connectivity index (χ1n) is 5.52. The molecule has 0 radical (unpaired) electrons. The molecule has 0 unspecified atom stereocenters. The van der Waals surface area contributed by atoms with E-state index in [0.717, 1.165) is 10.8 Å². The molecule has 2 aromatic carbocycles. The van der Waals surface area contributed by atoms with Crippen molar-refractivity contribution in [3.8, 4) is 11.8 Å². The number of hydrogen-bond donors (Lipinski definition) is 1. The molecule has 0 aliphatic carbocycles. The lowest BCUT2D eigenvalue weighted by molar-refractivity contribution is 0.587. The van der Waals surface area contributed by atoms with Gasteiger partial charge in [0, 0.05) is 5.39 Å². The molecule has 2 rings (SSSR count). The Hall–Kier alpha value is -1.83. The maximum absolute atomic E-state index is 12.1. The summed E-state index contributed by atoms with van der Waals surface area (Å²) in [5.41, 5.74) is 0. The molecule has 2 aromatic rings. The van der Waals surface area contributed by atoms with E-state index in [1.165, 1.54) is 0 Å². The Balaban J connectivity index is 2.49. The van der Waals surface area contributed by atoms with Crippen LogP contribution in [0, 0.1) is 11.8 Å². The summed E-state index contributed by atoms with van der Waals surface area (Å²) in [5.74, 6) is 5.33. The second kappa shape index (κ2) is 5.21. The highest BCUT2D eigenvalue weighted by molar-refractivity contribution is 7.89. The van der Waals surface area contributed by atoms with E-state index in [0.29, 0.717) is 4.90 Å². The first-order valence-corrected chi connectivity index (χ1v) is 7.00. The Kier molecular flexibility index (Phi) is 3.66. The summed E-state index contributed by atoms with van der Waals surface area (Å²) in [6.07, 6.45) is 0. The molecular weight excluding hydrogens is 246 g/mol. The quantitative estimate of drug-likeness (QED) is 0.858. The summed E-state index contributed by atoms with van der Waals surface area (Å²) in [6.45, 7) is 1.80. The van der Waals surface area contributed by atoms with Gasteiger partial charge in [0.05, 0.1) is 11.4 Å². The highest BCUT2D eigenvalue weighted by atomic mass is 32.2. The molecule has 0 fully saturated rings. The SMILES string of the molecule is CC#CCNS(=O)(=O)c1cccc2ccccc12. The van der Waals surface area contributed by atoms with Gasteiger partial charge in [-0.25, -0.2) is 8.42 Å². The van der Waals surface area contributed by atoms with Crippen LogP contribution in [0.15, 0.2) is 47.4 Å². The number of hydrogen-bond acceptors (Lipinski definition) is 2. The lowest BCUT2D eigenvalue weighted by Crippen LogP contribution is -2.24. The van der Waals surface area contributed by atoms with Gasteiger partial charge in [0.1, 0.15) is 0 Å². The first-order chi connectivity index (χ1) is 8.65. The van der Waals surface area contributed by atoms with Crippen molar-refractivity contribution in [3.63, 3.8) is 0 Å². The first kappa shape index (κ1) is 12.6. The zero-order valence-electron chi connectivity index (χ0n) is 9.97. The fraction of sp³-hybridized carbons (Fsp3) is 0.143. The summed E-state index contributed by atoms with van der Waals surface area (Å²) in [4.78, 5) is 0.290. The predicted octanol–water partition coefficient (Wildman–Crippen LogP) is 2.14. The molecule has 0 saturated carbocycles. The zero-order valence-corrected chi connectivity index (χ0v) is 10.8. The van der Waals surface area contributed by atoms with Gasteiger partial charge < -0.3 is 0 Å². The van der Waals surface area contributed by atoms with E-state index in [1.54, 1.807) is 25.1 Å². The molecule has 0 amide bonds. The van der Waals surface area contributed by atoms with Crippen molar-refractivity contribution >= 4 is 20.8 Å². The molecule has 0 heterocycles. The molecule has 3 nitrogen and oxygen atoms in total. The molecule has 4 heteroatoms. The maximum Gasteiger partial charge on any atom is 0.242 e. The van der Waals surface area contributed by atoms with Crippen LogP contribution in [-0.2, 0) is 10.0 Å². The molecule has 0 aliphatic heterocycles. The summed E-state index contributed by atoms with van der Waals surface area (Å²) in [5, 5.41) is 1.62. The normalized spacial score (nSPS) is 10.9. The third-order valence-electron chi connectivity index (χ3n) is 2.57. The summed E-state index contributed by atoms with van der Waals surface area (Å²) >= 11 is 0. The van der Waals surface area contributed by atoms with Crippen molar-refractivity contribution in [3.05, 3.63) is 42.5 Å². The Morgan fingerprint density at radius 2 is 1.83 bits per heavy atom. The molecule has 0 spiro atoms. The minimum Gasteiger partial charge on any atom is -0.207 e. The Morgan fingerprint density at radius 3 is 2.61 bits per heavy atom. The van der Waals surface area contributed by atoms with E-state index in [1.807, 2.05) is 24.3 Å². The third-order valence-corrected chi connectivity index (χ3v) is 4.03. The fourth-order valence-corrected chi connectivity index (χ4v) is 2.88. The van der Waals surface area contributed by atoms with E-state index in [2.05, 4.69) is 16.6 Å². The van der Waals surface area contributed by atoms with Crippen LogP contribution in [0.4, 0.5) is 0 Å². The van der Waals surface area contributed by atoms with Gasteiger partial charge in [-0.1, -0.05) is 42.3 Å². The van der Waals surface area contributed by atoms with Crippen LogP contribution in [-0.4, -0.2) is 15.0 Å². The van der Waals surface area contributed by atoms with Gasteiger partial charge in [-0.05, 0) is 18.4 Å². The van der Waals surface area contributed by atoms with Crippen LogP contribution in [0.2, 0.25) is 0 Å². The fourth-order valence-electron chi connectivity index (χ4n) is 1.73. The van der Waals surface area contributed by atoms with Crippen molar-refractivity contribution < 1.29 is 8.42 Å². The van der Waals surface area contributed by atoms with E-state index >= 15 is 0 Å². The smallest absolute Gasteiger partial charge is 0.207 e. The number of sulfonamides is 1. The summed E-state index contributed by atoms with van der Waals surface area (Å²) in [7, 11) is -3.51. The lowest BCUT2D eigenvalue weighted by Gasteiger charge is -2.07. The van der Waals surface area contributed by atoms with E-state index in [-0.39, 0.29) is 6.54 Å². The van der Waals surface area contributed by atoms with Crippen LogP contribution in [0.25, 0.3) is 10.8 Å². The Bertz CT molecular complexity index is 719. The number of nitrogens with one attached hydrogen (secondary N) is 1. The molecule has 1 N–H and O–H groups in total. The van der Waals surface area contributed by atoms with Crippen LogP contribution in [0.5, 0.6) is 0 Å². The van der Waals surface area contributed by atoms with Crippen molar-refractivity contribution in [2.45, 2.75) is 11.8 Å². The molecule has 0 bridgehead atoms. The molecule has 92 valence electrons. The van der Waals surface area contributed by atoms with Crippen molar-refractivity contribution in [1.29, 1.82) is 0 Å².